The van der Waals surface area contributed by atoms with Crippen molar-refractivity contribution in [2.75, 3.05) is 37.6 Å². The molecule has 10 heteroatoms. The molecule has 1 aromatic carbocycles. The van der Waals surface area contributed by atoms with Gasteiger partial charge in [-0.1, -0.05) is 29.5 Å². The Morgan fingerprint density at radius 3 is 2.46 bits per heavy atom. The van der Waals surface area contributed by atoms with Crippen LogP contribution in [0.4, 0.5) is 10.7 Å². The Bertz CT molecular complexity index is 834. The summed E-state index contributed by atoms with van der Waals surface area (Å²) >= 11 is 0.764. The maximum absolute atomic E-state index is 12.0. The number of rotatable bonds is 6. The molecule has 148 valence electrons. The van der Waals surface area contributed by atoms with Gasteiger partial charge < -0.3 is 9.80 Å². The first kappa shape index (κ1) is 19.8. The zero-order valence-electron chi connectivity index (χ0n) is 15.2. The van der Waals surface area contributed by atoms with Crippen LogP contribution in [0.3, 0.4) is 0 Å². The van der Waals surface area contributed by atoms with E-state index in [0.29, 0.717) is 13.0 Å². The number of carbonyl (C=O) groups is 2. The molecule has 0 spiro atoms. The number of hydrazine groups is 1. The van der Waals surface area contributed by atoms with Crippen LogP contribution in [0.5, 0.6) is 0 Å². The number of hydrogen-bond donors (Lipinski definition) is 3. The number of quaternary nitrogens is 1. The van der Waals surface area contributed by atoms with Gasteiger partial charge >= 0.3 is 5.00 Å². The normalized spacial score (nSPS) is 14.5. The molecule has 1 aliphatic heterocycles. The highest BCUT2D eigenvalue weighted by Gasteiger charge is 2.21. The third-order valence-electron chi connectivity index (χ3n) is 4.61. The van der Waals surface area contributed by atoms with E-state index in [1.807, 2.05) is 18.2 Å². The molecular formula is C18H22N5O4S+. The van der Waals surface area contributed by atoms with Crippen molar-refractivity contribution in [3.05, 3.63) is 57.5 Å². The zero-order valence-corrected chi connectivity index (χ0v) is 16.0. The van der Waals surface area contributed by atoms with E-state index in [2.05, 4.69) is 27.9 Å². The van der Waals surface area contributed by atoms with Crippen LogP contribution in [0, 0.1) is 10.1 Å². The van der Waals surface area contributed by atoms with Gasteiger partial charge in [-0.05, 0) is 18.2 Å². The molecule has 0 radical (unpaired) electrons. The molecule has 9 nitrogen and oxygen atoms in total. The molecule has 2 aromatic rings. The third kappa shape index (κ3) is 5.27. The molecule has 2 heterocycles. The first-order chi connectivity index (χ1) is 13.5. The van der Waals surface area contributed by atoms with Gasteiger partial charge in [-0.15, -0.1) is 0 Å². The highest BCUT2D eigenvalue weighted by atomic mass is 32.1. The lowest BCUT2D eigenvalue weighted by Crippen LogP contribution is -3.15. The van der Waals surface area contributed by atoms with Crippen LogP contribution >= 0.6 is 11.3 Å². The summed E-state index contributed by atoms with van der Waals surface area (Å²) in [5.74, 6) is -0.840. The van der Waals surface area contributed by atoms with Gasteiger partial charge in [-0.25, -0.2) is 0 Å². The molecule has 0 unspecified atom stereocenters. The second-order valence-corrected chi connectivity index (χ2v) is 7.53. The maximum atomic E-state index is 12.0. The number of piperazine rings is 1. The molecule has 0 aliphatic carbocycles. The van der Waals surface area contributed by atoms with Gasteiger partial charge in [-0.3, -0.25) is 30.6 Å². The van der Waals surface area contributed by atoms with Crippen LogP contribution in [0.15, 0.2) is 42.5 Å². The Morgan fingerprint density at radius 1 is 1.11 bits per heavy atom. The second kappa shape index (κ2) is 9.29. The van der Waals surface area contributed by atoms with Crippen molar-refractivity contribution in [3.63, 3.8) is 0 Å². The quantitative estimate of drug-likeness (QED) is 0.471. The molecule has 1 fully saturated rings. The van der Waals surface area contributed by atoms with Gasteiger partial charge in [0.05, 0.1) is 44.1 Å². The van der Waals surface area contributed by atoms with Crippen molar-refractivity contribution in [3.8, 4) is 0 Å². The number of thiophene rings is 1. The SMILES string of the molecule is O=C(CC[NH+]1CCN(c2ccccc2)CC1)NNC(=O)c1ccc([N+](=O)[O-])s1. The van der Waals surface area contributed by atoms with E-state index in [4.69, 9.17) is 0 Å². The summed E-state index contributed by atoms with van der Waals surface area (Å²) in [6.07, 6.45) is 0.297. The molecule has 2 amide bonds. The van der Waals surface area contributed by atoms with E-state index >= 15 is 0 Å². The number of benzene rings is 1. The Labute approximate surface area is 166 Å². The molecule has 0 bridgehead atoms. The number of anilines is 1. The van der Waals surface area contributed by atoms with Gasteiger partial charge in [0.15, 0.2) is 0 Å². The summed E-state index contributed by atoms with van der Waals surface area (Å²) in [5, 5.41) is 10.5. The number of para-hydroxylation sites is 1. The number of nitrogens with zero attached hydrogens (tertiary/aromatic N) is 2. The minimum absolute atomic E-state index is 0.116. The van der Waals surface area contributed by atoms with Crippen LogP contribution in [-0.2, 0) is 4.79 Å². The largest absolute Gasteiger partial charge is 0.360 e. The van der Waals surface area contributed by atoms with Crippen LogP contribution in [0.2, 0.25) is 0 Å². The van der Waals surface area contributed by atoms with E-state index in [0.717, 1.165) is 37.5 Å². The molecule has 1 saturated heterocycles. The minimum Gasteiger partial charge on any atom is -0.360 e. The topological polar surface area (TPSA) is 109 Å². The molecule has 28 heavy (non-hydrogen) atoms. The summed E-state index contributed by atoms with van der Waals surface area (Å²) in [5.41, 5.74) is 5.89. The number of carbonyl (C=O) groups excluding carboxylic acids is 2. The van der Waals surface area contributed by atoms with Crippen molar-refractivity contribution < 1.29 is 19.4 Å². The predicted octanol–water partition coefficient (Wildman–Crippen LogP) is 0.213. The first-order valence-corrected chi connectivity index (χ1v) is 9.81. The van der Waals surface area contributed by atoms with Crippen LogP contribution in [0.1, 0.15) is 16.1 Å². The number of amides is 2. The summed E-state index contributed by atoms with van der Waals surface area (Å²) < 4.78 is 0. The maximum Gasteiger partial charge on any atom is 0.324 e. The summed E-state index contributed by atoms with van der Waals surface area (Å²) in [6.45, 7) is 4.47. The number of hydrogen-bond acceptors (Lipinski definition) is 6. The van der Waals surface area contributed by atoms with Crippen molar-refractivity contribution in [2.24, 2.45) is 0 Å². The van der Waals surface area contributed by atoms with Gasteiger partial charge in [0.1, 0.15) is 4.88 Å². The average Bonchev–Trinajstić information content (AvgIpc) is 3.22. The van der Waals surface area contributed by atoms with E-state index in [1.165, 1.54) is 22.7 Å². The highest BCUT2D eigenvalue weighted by molar-refractivity contribution is 7.17. The Morgan fingerprint density at radius 2 is 1.82 bits per heavy atom. The average molecular weight is 404 g/mol. The highest BCUT2D eigenvalue weighted by Crippen LogP contribution is 2.23. The van der Waals surface area contributed by atoms with E-state index in [1.54, 1.807) is 0 Å². The molecular weight excluding hydrogens is 382 g/mol. The zero-order chi connectivity index (χ0) is 19.9. The van der Waals surface area contributed by atoms with Crippen molar-refractivity contribution >= 4 is 33.8 Å². The Kier molecular flexibility index (Phi) is 6.56. The van der Waals surface area contributed by atoms with E-state index in [-0.39, 0.29) is 15.8 Å². The third-order valence-corrected chi connectivity index (χ3v) is 5.64. The van der Waals surface area contributed by atoms with Crippen molar-refractivity contribution in [1.29, 1.82) is 0 Å². The summed E-state index contributed by atoms with van der Waals surface area (Å²) in [4.78, 5) is 37.8. The van der Waals surface area contributed by atoms with E-state index in [9.17, 15) is 19.7 Å². The Balaban J connectivity index is 1.35. The molecule has 3 N–H and O–H groups in total. The lowest BCUT2D eigenvalue weighted by atomic mass is 10.2. The number of nitro groups is 1. The smallest absolute Gasteiger partial charge is 0.324 e. The summed E-state index contributed by atoms with van der Waals surface area (Å²) in [6, 6.07) is 12.9. The van der Waals surface area contributed by atoms with Crippen molar-refractivity contribution in [2.45, 2.75) is 6.42 Å². The lowest BCUT2D eigenvalue weighted by molar-refractivity contribution is -0.900. The van der Waals surface area contributed by atoms with Gasteiger partial charge in [-0.2, -0.15) is 0 Å². The Hall–Kier alpha value is -2.98. The van der Waals surface area contributed by atoms with Gasteiger partial charge in [0, 0.05) is 11.8 Å². The molecule has 3 rings (SSSR count). The standard InChI is InChI=1S/C18H21N5O4S/c24-16(19-20-18(25)15-6-7-17(28-15)23(26)27)8-9-21-10-12-22(13-11-21)14-4-2-1-3-5-14/h1-7H,8-13H2,(H,19,24)(H,20,25)/p+1. The molecule has 0 saturated carbocycles. The molecule has 1 aliphatic rings. The van der Waals surface area contributed by atoms with Gasteiger partial charge in [0.25, 0.3) is 5.91 Å². The predicted molar refractivity (Wildman–Crippen MR) is 105 cm³/mol. The minimum atomic E-state index is -0.560. The fourth-order valence-electron chi connectivity index (χ4n) is 3.06. The molecule has 1 aromatic heterocycles. The van der Waals surface area contributed by atoms with Gasteiger partial charge in [0.2, 0.25) is 5.91 Å². The molecule has 0 atom stereocenters. The van der Waals surface area contributed by atoms with Crippen LogP contribution in [-0.4, -0.2) is 49.5 Å². The van der Waals surface area contributed by atoms with Crippen LogP contribution < -0.4 is 20.7 Å². The fraction of sp³-hybridized carbons (Fsp3) is 0.333. The monoisotopic (exact) mass is 404 g/mol. The lowest BCUT2D eigenvalue weighted by Gasteiger charge is -2.33. The van der Waals surface area contributed by atoms with Crippen LogP contribution in [0.25, 0.3) is 0 Å². The second-order valence-electron chi connectivity index (χ2n) is 6.47. The first-order valence-electron chi connectivity index (χ1n) is 9.00. The number of nitrogens with one attached hydrogen (secondary N) is 3. The van der Waals surface area contributed by atoms with Crippen molar-refractivity contribution in [1.82, 2.24) is 10.9 Å². The summed E-state index contributed by atoms with van der Waals surface area (Å²) in [7, 11) is 0. The fourth-order valence-corrected chi connectivity index (χ4v) is 3.77. The van der Waals surface area contributed by atoms with E-state index < -0.39 is 10.8 Å².